The molecule has 0 bridgehead atoms. The van der Waals surface area contributed by atoms with Crippen molar-refractivity contribution in [2.75, 3.05) is 11.9 Å². The molecule has 0 aliphatic rings. The fourth-order valence-corrected chi connectivity index (χ4v) is 2.94. The standard InChI is InChI=1S/C19H15F3IN3O/c1-26(15-9-5-8-14(23)10-15)17-16(19(20,21)22)11-24-18(25-17)27-12-13-6-3-2-4-7-13/h2-11H,12H2,1H3. The van der Waals surface area contributed by atoms with Gasteiger partial charge in [-0.25, -0.2) is 4.98 Å². The van der Waals surface area contributed by atoms with Gasteiger partial charge in [0.1, 0.15) is 12.2 Å². The Kier molecular flexibility index (Phi) is 5.83. The molecule has 0 aliphatic heterocycles. The summed E-state index contributed by atoms with van der Waals surface area (Å²) >= 11 is 2.10. The minimum Gasteiger partial charge on any atom is -0.459 e. The van der Waals surface area contributed by atoms with E-state index < -0.39 is 11.7 Å². The molecule has 0 fully saturated rings. The van der Waals surface area contributed by atoms with Gasteiger partial charge in [-0.3, -0.25) is 0 Å². The molecule has 1 aromatic heterocycles. The minimum atomic E-state index is -4.58. The first-order valence-corrected chi connectivity index (χ1v) is 9.03. The van der Waals surface area contributed by atoms with Crippen LogP contribution in [0.1, 0.15) is 11.1 Å². The fraction of sp³-hybridized carbons (Fsp3) is 0.158. The quantitative estimate of drug-likeness (QED) is 0.451. The lowest BCUT2D eigenvalue weighted by molar-refractivity contribution is -0.137. The van der Waals surface area contributed by atoms with E-state index in [4.69, 9.17) is 4.74 Å². The van der Waals surface area contributed by atoms with E-state index >= 15 is 0 Å². The topological polar surface area (TPSA) is 38.2 Å². The number of halogens is 4. The monoisotopic (exact) mass is 485 g/mol. The number of ether oxygens (including phenoxy) is 1. The lowest BCUT2D eigenvalue weighted by Crippen LogP contribution is -2.19. The maximum Gasteiger partial charge on any atom is 0.421 e. The Labute approximate surface area is 168 Å². The number of aromatic nitrogens is 2. The first-order valence-electron chi connectivity index (χ1n) is 7.95. The maximum atomic E-state index is 13.4. The highest BCUT2D eigenvalue weighted by atomic mass is 127. The molecule has 0 saturated carbocycles. The number of hydrogen-bond acceptors (Lipinski definition) is 4. The summed E-state index contributed by atoms with van der Waals surface area (Å²) in [5.41, 5.74) is 0.532. The molecule has 3 rings (SSSR count). The van der Waals surface area contributed by atoms with Crippen LogP contribution in [0.2, 0.25) is 0 Å². The predicted molar refractivity (Wildman–Crippen MR) is 105 cm³/mol. The summed E-state index contributed by atoms with van der Waals surface area (Å²) < 4.78 is 46.7. The molecular formula is C19H15F3IN3O. The van der Waals surface area contributed by atoms with E-state index in [2.05, 4.69) is 32.6 Å². The number of hydrogen-bond donors (Lipinski definition) is 0. The third-order valence-corrected chi connectivity index (χ3v) is 4.45. The van der Waals surface area contributed by atoms with Gasteiger partial charge >= 0.3 is 12.2 Å². The highest BCUT2D eigenvalue weighted by molar-refractivity contribution is 14.1. The van der Waals surface area contributed by atoms with E-state index in [1.165, 1.54) is 11.9 Å². The SMILES string of the molecule is CN(c1cccc(I)c1)c1nc(OCc2ccccc2)ncc1C(F)(F)F. The van der Waals surface area contributed by atoms with Crippen LogP contribution in [0, 0.1) is 3.57 Å². The van der Waals surface area contributed by atoms with Crippen molar-refractivity contribution in [2.45, 2.75) is 12.8 Å². The van der Waals surface area contributed by atoms with Crippen molar-refractivity contribution in [1.82, 2.24) is 9.97 Å². The lowest BCUT2D eigenvalue weighted by atomic mass is 10.2. The van der Waals surface area contributed by atoms with Crippen LogP contribution in [0.5, 0.6) is 6.01 Å². The van der Waals surface area contributed by atoms with E-state index in [0.29, 0.717) is 5.69 Å². The summed E-state index contributed by atoms with van der Waals surface area (Å²) in [5, 5.41) is 0. The lowest BCUT2D eigenvalue weighted by Gasteiger charge is -2.22. The first-order chi connectivity index (χ1) is 12.8. The van der Waals surface area contributed by atoms with Crippen molar-refractivity contribution in [1.29, 1.82) is 0 Å². The molecular weight excluding hydrogens is 470 g/mol. The van der Waals surface area contributed by atoms with Crippen molar-refractivity contribution >= 4 is 34.1 Å². The van der Waals surface area contributed by atoms with Crippen LogP contribution >= 0.6 is 22.6 Å². The zero-order valence-electron chi connectivity index (χ0n) is 14.2. The normalized spacial score (nSPS) is 11.3. The Balaban J connectivity index is 1.93. The van der Waals surface area contributed by atoms with E-state index in [0.717, 1.165) is 15.3 Å². The smallest absolute Gasteiger partial charge is 0.421 e. The van der Waals surface area contributed by atoms with Crippen LogP contribution in [-0.2, 0) is 12.8 Å². The molecule has 0 amide bonds. The van der Waals surface area contributed by atoms with E-state index in [1.54, 1.807) is 18.2 Å². The molecule has 3 aromatic rings. The second kappa shape index (κ2) is 8.12. The van der Waals surface area contributed by atoms with E-state index in [1.807, 2.05) is 36.4 Å². The Morgan fingerprint density at radius 3 is 2.48 bits per heavy atom. The van der Waals surface area contributed by atoms with Crippen LogP contribution in [-0.4, -0.2) is 17.0 Å². The molecule has 140 valence electrons. The van der Waals surface area contributed by atoms with Gasteiger partial charge < -0.3 is 9.64 Å². The van der Waals surface area contributed by atoms with E-state index in [-0.39, 0.29) is 18.4 Å². The second-order valence-electron chi connectivity index (χ2n) is 5.70. The molecule has 2 aromatic carbocycles. The minimum absolute atomic E-state index is 0.112. The number of anilines is 2. The van der Waals surface area contributed by atoms with Crippen molar-refractivity contribution in [3.63, 3.8) is 0 Å². The van der Waals surface area contributed by atoms with Crippen LogP contribution < -0.4 is 9.64 Å². The van der Waals surface area contributed by atoms with Crippen molar-refractivity contribution in [3.8, 4) is 6.01 Å². The summed E-state index contributed by atoms with van der Waals surface area (Å²) in [6.45, 7) is 0.165. The number of rotatable bonds is 5. The van der Waals surface area contributed by atoms with Crippen LogP contribution in [0.15, 0.2) is 60.8 Å². The molecule has 4 nitrogen and oxygen atoms in total. The number of nitrogens with zero attached hydrogens (tertiary/aromatic N) is 3. The molecule has 1 heterocycles. The summed E-state index contributed by atoms with van der Waals surface area (Å²) in [4.78, 5) is 9.14. The highest BCUT2D eigenvalue weighted by Gasteiger charge is 2.36. The molecule has 0 aliphatic carbocycles. The van der Waals surface area contributed by atoms with Gasteiger partial charge in [0, 0.05) is 22.5 Å². The Morgan fingerprint density at radius 1 is 1.07 bits per heavy atom. The van der Waals surface area contributed by atoms with Gasteiger partial charge in [-0.2, -0.15) is 18.2 Å². The van der Waals surface area contributed by atoms with Gasteiger partial charge in [-0.05, 0) is 46.4 Å². The van der Waals surface area contributed by atoms with Crippen LogP contribution in [0.3, 0.4) is 0 Å². The molecule has 0 unspecified atom stereocenters. The average Bonchev–Trinajstić information content (AvgIpc) is 2.65. The van der Waals surface area contributed by atoms with Gasteiger partial charge in [0.25, 0.3) is 0 Å². The zero-order valence-corrected chi connectivity index (χ0v) is 16.4. The Hall–Kier alpha value is -2.36. The molecule has 8 heteroatoms. The molecule has 0 saturated heterocycles. The highest BCUT2D eigenvalue weighted by Crippen LogP contribution is 2.37. The second-order valence-corrected chi connectivity index (χ2v) is 6.95. The molecule has 0 N–H and O–H groups in total. The first kappa shape index (κ1) is 19.4. The van der Waals surface area contributed by atoms with Gasteiger partial charge in [0.05, 0.1) is 0 Å². The number of alkyl halides is 3. The summed E-state index contributed by atoms with van der Waals surface area (Å²) in [5.74, 6) is -0.262. The molecule has 27 heavy (non-hydrogen) atoms. The third kappa shape index (κ3) is 4.88. The van der Waals surface area contributed by atoms with Gasteiger partial charge in [0.2, 0.25) is 0 Å². The molecule has 0 atom stereocenters. The predicted octanol–water partition coefficient (Wildman–Crippen LogP) is 5.45. The van der Waals surface area contributed by atoms with Gasteiger partial charge in [0.15, 0.2) is 5.82 Å². The van der Waals surface area contributed by atoms with Crippen LogP contribution in [0.4, 0.5) is 24.7 Å². The number of benzene rings is 2. The largest absolute Gasteiger partial charge is 0.459 e. The van der Waals surface area contributed by atoms with E-state index in [9.17, 15) is 13.2 Å². The Bertz CT molecular complexity index is 920. The zero-order chi connectivity index (χ0) is 19.4. The van der Waals surface area contributed by atoms with Gasteiger partial charge in [-0.15, -0.1) is 0 Å². The van der Waals surface area contributed by atoms with Crippen molar-refractivity contribution in [3.05, 3.63) is 75.5 Å². The average molecular weight is 485 g/mol. The van der Waals surface area contributed by atoms with Crippen molar-refractivity contribution in [2.24, 2.45) is 0 Å². The summed E-state index contributed by atoms with van der Waals surface area (Å²) in [6, 6.07) is 16.3. The summed E-state index contributed by atoms with van der Waals surface area (Å²) in [7, 11) is 1.53. The molecule has 0 spiro atoms. The summed E-state index contributed by atoms with van der Waals surface area (Å²) in [6.07, 6.45) is -3.82. The third-order valence-electron chi connectivity index (χ3n) is 3.78. The maximum absolute atomic E-state index is 13.4. The molecule has 0 radical (unpaired) electrons. The van der Waals surface area contributed by atoms with Crippen molar-refractivity contribution < 1.29 is 17.9 Å². The van der Waals surface area contributed by atoms with Gasteiger partial charge in [-0.1, -0.05) is 36.4 Å². The van der Waals surface area contributed by atoms with Crippen LogP contribution in [0.25, 0.3) is 0 Å². The fourth-order valence-electron chi connectivity index (χ4n) is 2.41. The Morgan fingerprint density at radius 2 is 1.81 bits per heavy atom.